The fourth-order valence-corrected chi connectivity index (χ4v) is 1.91. The molecule has 0 amide bonds. The first-order valence-electron chi connectivity index (χ1n) is 5.62. The summed E-state index contributed by atoms with van der Waals surface area (Å²) >= 11 is 0. The van der Waals surface area contributed by atoms with E-state index in [-0.39, 0.29) is 5.82 Å². The van der Waals surface area contributed by atoms with Crippen LogP contribution in [0.2, 0.25) is 0 Å². The van der Waals surface area contributed by atoms with Crippen LogP contribution in [0, 0.1) is 24.1 Å². The Hall–Kier alpha value is -2.34. The topological polar surface area (TPSA) is 27.0 Å². The first-order chi connectivity index (χ1) is 8.61. The van der Waals surface area contributed by atoms with E-state index in [1.54, 1.807) is 18.2 Å². The molecule has 0 aliphatic heterocycles. The summed E-state index contributed by atoms with van der Waals surface area (Å²) in [4.78, 5) is 1.97. The second-order valence-corrected chi connectivity index (χ2v) is 4.15. The molecule has 2 rings (SSSR count). The Morgan fingerprint density at radius 1 is 1.11 bits per heavy atom. The first kappa shape index (κ1) is 12.1. The van der Waals surface area contributed by atoms with Crippen LogP contribution >= 0.6 is 0 Å². The summed E-state index contributed by atoms with van der Waals surface area (Å²) in [7, 11) is 1.92. The van der Waals surface area contributed by atoms with E-state index in [0.29, 0.717) is 5.56 Å². The zero-order chi connectivity index (χ0) is 13.1. The summed E-state index contributed by atoms with van der Waals surface area (Å²) in [5.74, 6) is -0.247. The molecule has 0 saturated heterocycles. The van der Waals surface area contributed by atoms with E-state index in [9.17, 15) is 4.39 Å². The summed E-state index contributed by atoms with van der Waals surface area (Å²) in [5.41, 5.74) is 3.56. The van der Waals surface area contributed by atoms with Gasteiger partial charge in [0.1, 0.15) is 5.82 Å². The van der Waals surface area contributed by atoms with E-state index in [1.807, 2.05) is 31.0 Å². The molecule has 0 unspecified atom stereocenters. The molecule has 3 heteroatoms. The van der Waals surface area contributed by atoms with Crippen LogP contribution in [0.5, 0.6) is 0 Å². The number of hydrogen-bond acceptors (Lipinski definition) is 2. The largest absolute Gasteiger partial charge is 0.344 e. The lowest BCUT2D eigenvalue weighted by Gasteiger charge is -2.21. The van der Waals surface area contributed by atoms with E-state index in [2.05, 4.69) is 6.07 Å². The molecular weight excluding hydrogens is 227 g/mol. The van der Waals surface area contributed by atoms with E-state index in [0.717, 1.165) is 16.9 Å². The summed E-state index contributed by atoms with van der Waals surface area (Å²) in [6.07, 6.45) is 0. The first-order valence-corrected chi connectivity index (χ1v) is 5.62. The van der Waals surface area contributed by atoms with Gasteiger partial charge in [0.05, 0.1) is 11.6 Å². The number of anilines is 2. The van der Waals surface area contributed by atoms with Crippen LogP contribution in [0.25, 0.3) is 0 Å². The highest BCUT2D eigenvalue weighted by molar-refractivity contribution is 5.66. The monoisotopic (exact) mass is 240 g/mol. The highest BCUT2D eigenvalue weighted by atomic mass is 19.1. The van der Waals surface area contributed by atoms with Crippen molar-refractivity contribution < 1.29 is 4.39 Å². The van der Waals surface area contributed by atoms with Crippen LogP contribution in [0.4, 0.5) is 15.8 Å². The van der Waals surface area contributed by atoms with Gasteiger partial charge < -0.3 is 4.90 Å². The number of rotatable bonds is 2. The van der Waals surface area contributed by atoms with Crippen LogP contribution in [0.3, 0.4) is 0 Å². The van der Waals surface area contributed by atoms with Crippen molar-refractivity contribution in [1.29, 1.82) is 5.26 Å². The number of hydrogen-bond donors (Lipinski definition) is 0. The maximum Gasteiger partial charge on any atom is 0.123 e. The normalized spacial score (nSPS) is 9.89. The number of nitrogens with zero attached hydrogens (tertiary/aromatic N) is 2. The highest BCUT2D eigenvalue weighted by Gasteiger charge is 2.07. The average molecular weight is 240 g/mol. The molecule has 0 spiro atoms. The predicted molar refractivity (Wildman–Crippen MR) is 70.4 cm³/mol. The van der Waals surface area contributed by atoms with E-state index >= 15 is 0 Å². The van der Waals surface area contributed by atoms with Crippen molar-refractivity contribution in [2.24, 2.45) is 0 Å². The third-order valence-corrected chi connectivity index (χ3v) is 2.90. The standard InChI is InChI=1S/C15H13FN2/c1-11-9-12(10-17)3-8-15(11)18(2)14-6-4-13(16)5-7-14/h3-9H,1-2H3. The van der Waals surface area contributed by atoms with Crippen molar-refractivity contribution in [3.8, 4) is 6.07 Å². The summed E-state index contributed by atoms with van der Waals surface area (Å²) in [5, 5.41) is 8.83. The molecule has 0 aliphatic carbocycles. The molecule has 0 fully saturated rings. The molecule has 0 bridgehead atoms. The maximum atomic E-state index is 12.9. The van der Waals surface area contributed by atoms with Crippen molar-refractivity contribution >= 4 is 11.4 Å². The van der Waals surface area contributed by atoms with Gasteiger partial charge in [0.2, 0.25) is 0 Å². The third-order valence-electron chi connectivity index (χ3n) is 2.90. The Labute approximate surface area is 106 Å². The summed E-state index contributed by atoms with van der Waals surface area (Å²) in [6.45, 7) is 1.95. The van der Waals surface area contributed by atoms with Crippen molar-refractivity contribution in [2.45, 2.75) is 6.92 Å². The van der Waals surface area contributed by atoms with Crippen molar-refractivity contribution in [3.63, 3.8) is 0 Å². The molecule has 2 aromatic carbocycles. The molecule has 0 heterocycles. The maximum absolute atomic E-state index is 12.9. The van der Waals surface area contributed by atoms with Gasteiger partial charge in [0.25, 0.3) is 0 Å². The Bertz CT molecular complexity index is 597. The lowest BCUT2D eigenvalue weighted by Crippen LogP contribution is -2.10. The van der Waals surface area contributed by atoms with Crippen LogP contribution in [-0.2, 0) is 0 Å². The van der Waals surface area contributed by atoms with Crippen LogP contribution in [0.1, 0.15) is 11.1 Å². The van der Waals surface area contributed by atoms with E-state index in [1.165, 1.54) is 12.1 Å². The zero-order valence-electron chi connectivity index (χ0n) is 10.3. The van der Waals surface area contributed by atoms with Gasteiger partial charge in [0.15, 0.2) is 0 Å². The molecule has 2 nitrogen and oxygen atoms in total. The van der Waals surface area contributed by atoms with Crippen LogP contribution in [-0.4, -0.2) is 7.05 Å². The van der Waals surface area contributed by atoms with Gasteiger partial charge in [-0.2, -0.15) is 5.26 Å². The second kappa shape index (κ2) is 4.89. The minimum absolute atomic E-state index is 0.247. The number of benzene rings is 2. The number of halogens is 1. The molecule has 2 aromatic rings. The number of aryl methyl sites for hydroxylation is 1. The van der Waals surface area contributed by atoms with E-state index < -0.39 is 0 Å². The molecule has 90 valence electrons. The smallest absolute Gasteiger partial charge is 0.123 e. The minimum Gasteiger partial charge on any atom is -0.344 e. The fraction of sp³-hybridized carbons (Fsp3) is 0.133. The Balaban J connectivity index is 2.37. The Kier molecular flexibility index (Phi) is 3.29. The van der Waals surface area contributed by atoms with Gasteiger partial charge in [-0.3, -0.25) is 0 Å². The summed E-state index contributed by atoms with van der Waals surface area (Å²) in [6, 6.07) is 14.0. The highest BCUT2D eigenvalue weighted by Crippen LogP contribution is 2.27. The Morgan fingerprint density at radius 3 is 2.33 bits per heavy atom. The van der Waals surface area contributed by atoms with Crippen molar-refractivity contribution in [1.82, 2.24) is 0 Å². The number of nitriles is 1. The molecule has 0 radical (unpaired) electrons. The lowest BCUT2D eigenvalue weighted by molar-refractivity contribution is 0.628. The molecule has 0 aliphatic rings. The van der Waals surface area contributed by atoms with E-state index in [4.69, 9.17) is 5.26 Å². The van der Waals surface area contributed by atoms with Gasteiger partial charge in [-0.1, -0.05) is 0 Å². The molecule has 0 saturated carbocycles. The second-order valence-electron chi connectivity index (χ2n) is 4.15. The fourth-order valence-electron chi connectivity index (χ4n) is 1.91. The van der Waals surface area contributed by atoms with Gasteiger partial charge in [-0.15, -0.1) is 0 Å². The Morgan fingerprint density at radius 2 is 1.78 bits per heavy atom. The molecule has 18 heavy (non-hydrogen) atoms. The van der Waals surface area contributed by atoms with Gasteiger partial charge >= 0.3 is 0 Å². The minimum atomic E-state index is -0.247. The summed E-state index contributed by atoms with van der Waals surface area (Å²) < 4.78 is 12.9. The van der Waals surface area contributed by atoms with Crippen molar-refractivity contribution in [3.05, 3.63) is 59.4 Å². The predicted octanol–water partition coefficient (Wildman–Crippen LogP) is 3.77. The van der Waals surface area contributed by atoms with Gasteiger partial charge in [-0.05, 0) is 55.0 Å². The van der Waals surface area contributed by atoms with Crippen molar-refractivity contribution in [2.75, 3.05) is 11.9 Å². The molecular formula is C15H13FN2. The van der Waals surface area contributed by atoms with Gasteiger partial charge in [0, 0.05) is 18.4 Å². The average Bonchev–Trinajstić information content (AvgIpc) is 2.38. The van der Waals surface area contributed by atoms with Crippen LogP contribution < -0.4 is 4.90 Å². The zero-order valence-corrected chi connectivity index (χ0v) is 10.3. The quantitative estimate of drug-likeness (QED) is 0.798. The lowest BCUT2D eigenvalue weighted by atomic mass is 10.1. The molecule has 0 N–H and O–H groups in total. The van der Waals surface area contributed by atoms with Gasteiger partial charge in [-0.25, -0.2) is 4.39 Å². The van der Waals surface area contributed by atoms with Crippen LogP contribution in [0.15, 0.2) is 42.5 Å². The molecule has 0 aromatic heterocycles. The third kappa shape index (κ3) is 2.33. The SMILES string of the molecule is Cc1cc(C#N)ccc1N(C)c1ccc(F)cc1. The molecule has 0 atom stereocenters.